The lowest BCUT2D eigenvalue weighted by atomic mass is 9.87. The SMILES string of the molecule is COC1CCC(Nc2ncc(C#N)c(C[C@@H]3CCCC[C@](C)(O)C3)n2)CC1.[HH]. The van der Waals surface area contributed by atoms with Crippen LogP contribution < -0.4 is 5.32 Å². The van der Waals surface area contributed by atoms with Crippen LogP contribution in [0.4, 0.5) is 5.95 Å². The van der Waals surface area contributed by atoms with Crippen LogP contribution in [0.2, 0.25) is 0 Å². The lowest BCUT2D eigenvalue weighted by Crippen LogP contribution is -2.30. The van der Waals surface area contributed by atoms with Crippen molar-refractivity contribution in [1.82, 2.24) is 9.97 Å². The van der Waals surface area contributed by atoms with E-state index in [2.05, 4.69) is 16.4 Å². The molecule has 0 radical (unpaired) electrons. The molecule has 1 heterocycles. The van der Waals surface area contributed by atoms with E-state index in [1.54, 1.807) is 13.3 Å². The van der Waals surface area contributed by atoms with Crippen molar-refractivity contribution in [2.24, 2.45) is 5.92 Å². The molecule has 0 aliphatic heterocycles. The van der Waals surface area contributed by atoms with Crippen LogP contribution in [-0.2, 0) is 11.2 Å². The highest BCUT2D eigenvalue weighted by atomic mass is 16.5. The zero-order chi connectivity index (χ0) is 19.3. The second-order valence-electron chi connectivity index (χ2n) is 8.54. The van der Waals surface area contributed by atoms with Crippen molar-refractivity contribution in [3.05, 3.63) is 17.5 Å². The molecule has 0 saturated heterocycles. The third-order valence-corrected chi connectivity index (χ3v) is 6.12. The van der Waals surface area contributed by atoms with Gasteiger partial charge in [0.25, 0.3) is 0 Å². The van der Waals surface area contributed by atoms with Gasteiger partial charge < -0.3 is 15.2 Å². The highest BCUT2D eigenvalue weighted by molar-refractivity contribution is 5.37. The zero-order valence-electron chi connectivity index (χ0n) is 16.6. The number of aromatic nitrogens is 2. The van der Waals surface area contributed by atoms with Crippen molar-refractivity contribution in [3.8, 4) is 6.07 Å². The lowest BCUT2D eigenvalue weighted by molar-refractivity contribution is 0.0318. The number of nitrogens with one attached hydrogen (secondary N) is 1. The normalized spacial score (nSPS) is 31.7. The van der Waals surface area contributed by atoms with Gasteiger partial charge in [-0.3, -0.25) is 0 Å². The molecule has 150 valence electrons. The van der Waals surface area contributed by atoms with Gasteiger partial charge in [0.1, 0.15) is 6.07 Å². The minimum atomic E-state index is -0.609. The Labute approximate surface area is 163 Å². The molecule has 3 rings (SSSR count). The molecule has 6 nitrogen and oxygen atoms in total. The molecule has 1 aromatic heterocycles. The lowest BCUT2D eigenvalue weighted by Gasteiger charge is -2.28. The van der Waals surface area contributed by atoms with Gasteiger partial charge in [0.15, 0.2) is 0 Å². The maximum atomic E-state index is 10.5. The molecule has 27 heavy (non-hydrogen) atoms. The van der Waals surface area contributed by atoms with Crippen LogP contribution in [0, 0.1) is 17.2 Å². The van der Waals surface area contributed by atoms with E-state index in [0.29, 0.717) is 29.6 Å². The topological polar surface area (TPSA) is 91.1 Å². The molecule has 0 spiro atoms. The third kappa shape index (κ3) is 5.63. The van der Waals surface area contributed by atoms with E-state index in [1.807, 2.05) is 6.92 Å². The van der Waals surface area contributed by atoms with Gasteiger partial charge in [-0.25, -0.2) is 9.97 Å². The smallest absolute Gasteiger partial charge is 0.223 e. The molecule has 2 saturated carbocycles. The monoisotopic (exact) mass is 374 g/mol. The molecule has 6 heteroatoms. The maximum absolute atomic E-state index is 10.5. The summed E-state index contributed by atoms with van der Waals surface area (Å²) in [4.78, 5) is 9.05. The van der Waals surface area contributed by atoms with E-state index in [9.17, 15) is 10.4 Å². The number of methoxy groups -OCH3 is 1. The van der Waals surface area contributed by atoms with Crippen LogP contribution in [0.5, 0.6) is 0 Å². The van der Waals surface area contributed by atoms with Crippen molar-refractivity contribution in [2.45, 2.75) is 88.9 Å². The van der Waals surface area contributed by atoms with Gasteiger partial charge in [-0.2, -0.15) is 5.26 Å². The molecule has 2 N–H and O–H groups in total. The fraction of sp³-hybridized carbons (Fsp3) is 0.762. The fourth-order valence-corrected chi connectivity index (χ4v) is 4.57. The Balaban J connectivity index is 0.00000280. The predicted molar refractivity (Wildman–Crippen MR) is 106 cm³/mol. The van der Waals surface area contributed by atoms with Crippen LogP contribution in [-0.4, -0.2) is 39.9 Å². The average Bonchev–Trinajstić information content (AvgIpc) is 2.82. The Morgan fingerprint density at radius 2 is 2.11 bits per heavy atom. The van der Waals surface area contributed by atoms with E-state index >= 15 is 0 Å². The van der Waals surface area contributed by atoms with Crippen LogP contribution in [0.25, 0.3) is 0 Å². The van der Waals surface area contributed by atoms with E-state index in [-0.39, 0.29) is 1.43 Å². The molecular formula is C21H34N4O2. The third-order valence-electron chi connectivity index (χ3n) is 6.12. The number of anilines is 1. The highest BCUT2D eigenvalue weighted by Crippen LogP contribution is 2.33. The molecule has 2 aliphatic carbocycles. The van der Waals surface area contributed by atoms with Crippen molar-refractivity contribution < 1.29 is 11.3 Å². The summed E-state index contributed by atoms with van der Waals surface area (Å²) in [6, 6.07) is 2.59. The summed E-state index contributed by atoms with van der Waals surface area (Å²) in [5.41, 5.74) is 0.748. The van der Waals surface area contributed by atoms with Gasteiger partial charge in [-0.05, 0) is 64.2 Å². The van der Waals surface area contributed by atoms with Crippen LogP contribution in [0.1, 0.15) is 77.4 Å². The highest BCUT2D eigenvalue weighted by Gasteiger charge is 2.29. The first-order valence-electron chi connectivity index (χ1n) is 10.3. The van der Waals surface area contributed by atoms with Gasteiger partial charge in [-0.15, -0.1) is 0 Å². The van der Waals surface area contributed by atoms with Crippen molar-refractivity contribution in [1.29, 1.82) is 5.26 Å². The van der Waals surface area contributed by atoms with Gasteiger partial charge >= 0.3 is 0 Å². The summed E-state index contributed by atoms with van der Waals surface area (Å²) in [7, 11) is 1.78. The summed E-state index contributed by atoms with van der Waals surface area (Å²) in [6.45, 7) is 1.93. The van der Waals surface area contributed by atoms with Crippen LogP contribution >= 0.6 is 0 Å². The number of rotatable bonds is 5. The molecule has 0 unspecified atom stereocenters. The van der Waals surface area contributed by atoms with E-state index in [0.717, 1.165) is 69.9 Å². The summed E-state index contributed by atoms with van der Waals surface area (Å²) < 4.78 is 5.44. The Hall–Kier alpha value is -1.71. The van der Waals surface area contributed by atoms with Gasteiger partial charge in [0, 0.05) is 14.6 Å². The number of hydrogen-bond acceptors (Lipinski definition) is 6. The standard InChI is InChI=1S/C21H32N4O2.H2/c1-21(26)10-4-3-5-15(12-21)11-19-16(13-22)14-23-20(25-19)24-17-6-8-18(27-2)9-7-17;/h14-15,17-18,26H,3-12H2,1-2H3,(H,23,24,25);1H/t15-,17?,18?,21-;/m0./s1. The molecule has 2 fully saturated rings. The second kappa shape index (κ2) is 8.99. The quantitative estimate of drug-likeness (QED) is 0.761. The second-order valence-corrected chi connectivity index (χ2v) is 8.54. The first-order valence-corrected chi connectivity index (χ1v) is 10.3. The zero-order valence-corrected chi connectivity index (χ0v) is 16.6. The number of ether oxygens (including phenoxy) is 1. The minimum absolute atomic E-state index is 0. The summed E-state index contributed by atoms with van der Waals surface area (Å²) in [5.74, 6) is 0.972. The van der Waals surface area contributed by atoms with Crippen molar-refractivity contribution >= 4 is 5.95 Å². The van der Waals surface area contributed by atoms with Crippen LogP contribution in [0.15, 0.2) is 6.20 Å². The predicted octanol–water partition coefficient (Wildman–Crippen LogP) is 3.84. The summed E-state index contributed by atoms with van der Waals surface area (Å²) in [6.07, 6.45) is 11.8. The molecule has 2 atom stereocenters. The Kier molecular flexibility index (Phi) is 6.67. The first-order chi connectivity index (χ1) is 13.0. The molecule has 0 bridgehead atoms. The molecule has 0 aromatic carbocycles. The van der Waals surface area contributed by atoms with Gasteiger partial charge in [-0.1, -0.05) is 12.8 Å². The van der Waals surface area contributed by atoms with E-state index < -0.39 is 5.60 Å². The Morgan fingerprint density at radius 3 is 2.81 bits per heavy atom. The minimum Gasteiger partial charge on any atom is -0.390 e. The van der Waals surface area contributed by atoms with Crippen LogP contribution in [0.3, 0.4) is 0 Å². The van der Waals surface area contributed by atoms with E-state index in [4.69, 9.17) is 9.72 Å². The largest absolute Gasteiger partial charge is 0.390 e. The number of hydrogen-bond donors (Lipinski definition) is 2. The van der Waals surface area contributed by atoms with E-state index in [1.165, 1.54) is 0 Å². The number of nitriles is 1. The fourth-order valence-electron chi connectivity index (χ4n) is 4.57. The number of nitrogens with zero attached hydrogens (tertiary/aromatic N) is 3. The van der Waals surface area contributed by atoms with Crippen molar-refractivity contribution in [2.75, 3.05) is 12.4 Å². The summed E-state index contributed by atoms with van der Waals surface area (Å²) >= 11 is 0. The molecule has 2 aliphatic rings. The van der Waals surface area contributed by atoms with Gasteiger partial charge in [0.2, 0.25) is 5.95 Å². The molecule has 0 amide bonds. The van der Waals surface area contributed by atoms with Crippen molar-refractivity contribution in [3.63, 3.8) is 0 Å². The Bertz CT molecular complexity index is 669. The summed E-state index contributed by atoms with van der Waals surface area (Å²) in [5, 5.41) is 23.4. The number of aliphatic hydroxyl groups is 1. The molecular weight excluding hydrogens is 340 g/mol. The molecule has 1 aromatic rings. The first kappa shape index (κ1) is 20.0. The maximum Gasteiger partial charge on any atom is 0.223 e. The Morgan fingerprint density at radius 1 is 1.33 bits per heavy atom. The van der Waals surface area contributed by atoms with Gasteiger partial charge in [0.05, 0.1) is 29.2 Å². The average molecular weight is 375 g/mol.